The summed E-state index contributed by atoms with van der Waals surface area (Å²) in [5.41, 5.74) is 8.72. The average Bonchev–Trinajstić information content (AvgIpc) is 3.35. The number of fused-ring (bicyclic) bond motifs is 1. The van der Waals surface area contributed by atoms with Gasteiger partial charge in [-0.15, -0.1) is 0 Å². The number of nitrogen functional groups attached to an aromatic ring is 1. The molecule has 0 spiro atoms. The first-order chi connectivity index (χ1) is 18.5. The Morgan fingerprint density at radius 2 is 1.76 bits per heavy atom. The molecule has 1 aliphatic rings. The van der Waals surface area contributed by atoms with Crippen LogP contribution in [0, 0.1) is 0 Å². The van der Waals surface area contributed by atoms with Crippen LogP contribution in [-0.2, 0) is 9.53 Å². The molecule has 0 saturated heterocycles. The highest BCUT2D eigenvalue weighted by molar-refractivity contribution is 5.98. The van der Waals surface area contributed by atoms with Crippen molar-refractivity contribution in [3.8, 4) is 22.8 Å². The van der Waals surface area contributed by atoms with Gasteiger partial charge in [0.05, 0.1) is 18.0 Å². The first-order valence-electron chi connectivity index (χ1n) is 12.8. The molecule has 0 radical (unpaired) electrons. The van der Waals surface area contributed by atoms with Crippen LogP contribution >= 0.6 is 0 Å². The number of carbonyl (C=O) groups excluding carboxylic acids is 1. The number of rotatable bonds is 8. The molecule has 38 heavy (non-hydrogen) atoms. The molecule has 1 aliphatic carbocycles. The van der Waals surface area contributed by atoms with Gasteiger partial charge in [-0.1, -0.05) is 24.3 Å². The molecule has 9 nitrogen and oxygen atoms in total. The van der Waals surface area contributed by atoms with Gasteiger partial charge in [0.1, 0.15) is 29.3 Å². The molecule has 1 fully saturated rings. The number of likely N-dealkylation sites (N-methyl/N-ethyl adjacent to an activating group) is 1. The second-order valence-electron chi connectivity index (χ2n) is 9.46. The van der Waals surface area contributed by atoms with Crippen LogP contribution in [0.25, 0.3) is 22.3 Å². The summed E-state index contributed by atoms with van der Waals surface area (Å²) in [6, 6.07) is 17.8. The van der Waals surface area contributed by atoms with E-state index in [1.807, 2.05) is 71.2 Å². The van der Waals surface area contributed by atoms with Crippen LogP contribution in [0.2, 0.25) is 0 Å². The molecule has 2 N–H and O–H groups in total. The van der Waals surface area contributed by atoms with Gasteiger partial charge in [0.15, 0.2) is 5.65 Å². The van der Waals surface area contributed by atoms with Crippen molar-refractivity contribution in [2.45, 2.75) is 37.8 Å². The number of anilines is 1. The highest BCUT2D eigenvalue weighted by Gasteiger charge is 2.29. The lowest BCUT2D eigenvalue weighted by Crippen LogP contribution is -2.39. The van der Waals surface area contributed by atoms with Crippen LogP contribution in [0.3, 0.4) is 0 Å². The van der Waals surface area contributed by atoms with Crippen molar-refractivity contribution in [2.75, 3.05) is 26.5 Å². The predicted octanol–water partition coefficient (Wildman–Crippen LogP) is 5.01. The minimum absolute atomic E-state index is 0.00229. The third kappa shape index (κ3) is 5.38. The molecule has 2 aromatic carbocycles. The van der Waals surface area contributed by atoms with E-state index >= 15 is 0 Å². The lowest BCUT2D eigenvalue weighted by atomic mass is 9.90. The fraction of sp³-hybridized carbons (Fsp3) is 0.310. The normalized spacial score (nSPS) is 17.6. The number of amides is 1. The summed E-state index contributed by atoms with van der Waals surface area (Å²) in [7, 11) is 3.48. The first-order valence-corrected chi connectivity index (χ1v) is 12.8. The van der Waals surface area contributed by atoms with Crippen molar-refractivity contribution in [3.05, 3.63) is 73.1 Å². The Labute approximate surface area is 221 Å². The zero-order valence-electron chi connectivity index (χ0n) is 21.7. The standard InChI is InChI=1S/C29H32N6O3/c1-34(25(36)9-6-18-37-2)21-12-14-22(15-13-21)35-29-26(28(30)31-19-32-29)27(33-35)20-10-16-24(17-11-20)38-23-7-4-3-5-8-23/h3-11,16-17,19,21-22H,12-15,18H2,1-2H3,(H2,30,31,32)/b9-6+/t21-,22+. The molecule has 9 heteroatoms. The van der Waals surface area contributed by atoms with Crippen molar-refractivity contribution in [2.24, 2.45) is 0 Å². The Bertz CT molecular complexity index is 1410. The molecule has 0 atom stereocenters. The van der Waals surface area contributed by atoms with Crippen LogP contribution in [0.15, 0.2) is 73.1 Å². The van der Waals surface area contributed by atoms with Crippen LogP contribution in [0.5, 0.6) is 11.5 Å². The summed E-state index contributed by atoms with van der Waals surface area (Å²) in [5.74, 6) is 1.92. The van der Waals surface area contributed by atoms with Crippen molar-refractivity contribution in [1.29, 1.82) is 0 Å². The summed E-state index contributed by atoms with van der Waals surface area (Å²) >= 11 is 0. The van der Waals surface area contributed by atoms with E-state index in [0.717, 1.165) is 59.5 Å². The molecule has 1 saturated carbocycles. The Morgan fingerprint density at radius 3 is 2.47 bits per heavy atom. The Morgan fingerprint density at radius 1 is 1.05 bits per heavy atom. The third-order valence-electron chi connectivity index (χ3n) is 7.06. The fourth-order valence-electron chi connectivity index (χ4n) is 4.99. The van der Waals surface area contributed by atoms with Gasteiger partial charge < -0.3 is 20.1 Å². The van der Waals surface area contributed by atoms with E-state index in [2.05, 4.69) is 9.97 Å². The number of carbonyl (C=O) groups is 1. The van der Waals surface area contributed by atoms with Crippen LogP contribution < -0.4 is 10.5 Å². The summed E-state index contributed by atoms with van der Waals surface area (Å²) < 4.78 is 12.9. The van der Waals surface area contributed by atoms with Crippen LogP contribution in [-0.4, -0.2) is 57.4 Å². The van der Waals surface area contributed by atoms with Gasteiger partial charge in [0.2, 0.25) is 5.91 Å². The molecular weight excluding hydrogens is 480 g/mol. The summed E-state index contributed by atoms with van der Waals surface area (Å²) in [4.78, 5) is 23.1. The second-order valence-corrected chi connectivity index (χ2v) is 9.46. The van der Waals surface area contributed by atoms with E-state index < -0.39 is 0 Å². The van der Waals surface area contributed by atoms with Gasteiger partial charge in [0.25, 0.3) is 0 Å². The number of nitrogens with zero attached hydrogens (tertiary/aromatic N) is 5. The van der Waals surface area contributed by atoms with Gasteiger partial charge in [-0.25, -0.2) is 14.6 Å². The molecule has 0 aliphatic heterocycles. The monoisotopic (exact) mass is 512 g/mol. The Balaban J connectivity index is 1.35. The maximum atomic E-state index is 12.5. The lowest BCUT2D eigenvalue weighted by Gasteiger charge is -2.34. The van der Waals surface area contributed by atoms with Crippen LogP contribution in [0.1, 0.15) is 31.7 Å². The van der Waals surface area contributed by atoms with Gasteiger partial charge >= 0.3 is 0 Å². The quantitative estimate of drug-likeness (QED) is 0.331. The molecule has 5 rings (SSSR count). The second kappa shape index (κ2) is 11.4. The maximum absolute atomic E-state index is 12.5. The first kappa shape index (κ1) is 25.4. The third-order valence-corrected chi connectivity index (χ3v) is 7.06. The minimum Gasteiger partial charge on any atom is -0.457 e. The molecular formula is C29H32N6O3. The number of aromatic nitrogens is 4. The molecule has 4 aromatic rings. The lowest BCUT2D eigenvalue weighted by molar-refractivity contribution is -0.127. The number of para-hydroxylation sites is 1. The average molecular weight is 513 g/mol. The van der Waals surface area contributed by atoms with E-state index in [1.54, 1.807) is 19.3 Å². The number of hydrogen-bond donors (Lipinski definition) is 1. The van der Waals surface area contributed by atoms with Crippen molar-refractivity contribution >= 4 is 22.8 Å². The van der Waals surface area contributed by atoms with Gasteiger partial charge in [0, 0.05) is 31.8 Å². The number of hydrogen-bond acceptors (Lipinski definition) is 7. The highest BCUT2D eigenvalue weighted by Crippen LogP contribution is 2.37. The van der Waals surface area contributed by atoms with Crippen LogP contribution in [0.4, 0.5) is 5.82 Å². The molecule has 0 unspecified atom stereocenters. The summed E-state index contributed by atoms with van der Waals surface area (Å²) in [6.07, 6.45) is 8.34. The number of nitrogens with two attached hydrogens (primary N) is 1. The predicted molar refractivity (Wildman–Crippen MR) is 147 cm³/mol. The molecule has 2 aromatic heterocycles. The van der Waals surface area contributed by atoms with Gasteiger partial charge in [-0.05, 0) is 62.1 Å². The Hall–Kier alpha value is -4.24. The molecule has 1 amide bonds. The van der Waals surface area contributed by atoms with E-state index in [-0.39, 0.29) is 18.0 Å². The Kier molecular flexibility index (Phi) is 7.65. The zero-order valence-corrected chi connectivity index (χ0v) is 21.7. The highest BCUT2D eigenvalue weighted by atomic mass is 16.5. The number of benzene rings is 2. The van der Waals surface area contributed by atoms with Crippen molar-refractivity contribution in [1.82, 2.24) is 24.6 Å². The molecule has 0 bridgehead atoms. The van der Waals surface area contributed by atoms with Gasteiger partial charge in [-0.3, -0.25) is 4.79 Å². The SMILES string of the molecule is COC/C=C/C(=O)N(C)[C@H]1CC[C@@H](n2nc(-c3ccc(Oc4ccccc4)cc3)c3c(N)ncnc32)CC1. The number of ether oxygens (including phenoxy) is 2. The largest absolute Gasteiger partial charge is 0.457 e. The smallest absolute Gasteiger partial charge is 0.246 e. The van der Waals surface area contributed by atoms with Crippen molar-refractivity contribution < 1.29 is 14.3 Å². The van der Waals surface area contributed by atoms with E-state index in [0.29, 0.717) is 12.4 Å². The van der Waals surface area contributed by atoms with E-state index in [4.69, 9.17) is 20.3 Å². The van der Waals surface area contributed by atoms with E-state index in [1.165, 1.54) is 6.33 Å². The molecule has 2 heterocycles. The minimum atomic E-state index is -0.00229. The topological polar surface area (TPSA) is 108 Å². The molecule has 196 valence electrons. The van der Waals surface area contributed by atoms with Gasteiger partial charge in [-0.2, -0.15) is 5.10 Å². The summed E-state index contributed by atoms with van der Waals surface area (Å²) in [5, 5.41) is 5.75. The van der Waals surface area contributed by atoms with E-state index in [9.17, 15) is 4.79 Å². The van der Waals surface area contributed by atoms with Crippen molar-refractivity contribution in [3.63, 3.8) is 0 Å². The maximum Gasteiger partial charge on any atom is 0.246 e. The zero-order chi connectivity index (χ0) is 26.5. The summed E-state index contributed by atoms with van der Waals surface area (Å²) in [6.45, 7) is 0.425. The number of methoxy groups -OCH3 is 1. The fourth-order valence-corrected chi connectivity index (χ4v) is 4.99.